The average Bonchev–Trinajstić information content (AvgIpc) is 2.48. The Hall–Kier alpha value is -1.81. The number of aromatic nitrogens is 2. The van der Waals surface area contributed by atoms with Crippen molar-refractivity contribution in [1.29, 1.82) is 0 Å². The SMILES string of the molecule is COc1cc(/C=C(\C)c2cnccn2)ccc1SC. The number of methoxy groups -OCH3 is 1. The van der Waals surface area contributed by atoms with Crippen molar-refractivity contribution in [2.75, 3.05) is 13.4 Å². The third-order valence-electron chi connectivity index (χ3n) is 2.76. The summed E-state index contributed by atoms with van der Waals surface area (Å²) in [7, 11) is 1.69. The molecule has 3 nitrogen and oxygen atoms in total. The van der Waals surface area contributed by atoms with E-state index < -0.39 is 0 Å². The third kappa shape index (κ3) is 3.35. The number of nitrogens with zero attached hydrogens (tertiary/aromatic N) is 2. The molecule has 0 unspecified atom stereocenters. The Morgan fingerprint density at radius 3 is 2.79 bits per heavy atom. The van der Waals surface area contributed by atoms with Crippen molar-refractivity contribution >= 4 is 23.4 Å². The highest BCUT2D eigenvalue weighted by Gasteiger charge is 2.03. The Balaban J connectivity index is 2.33. The van der Waals surface area contributed by atoms with E-state index in [0.29, 0.717) is 0 Å². The maximum Gasteiger partial charge on any atom is 0.132 e. The molecule has 0 radical (unpaired) electrons. The standard InChI is InChI=1S/C15H16N2OS/c1-11(13-10-16-6-7-17-13)8-12-4-5-15(19-3)14(9-12)18-2/h4-10H,1-3H3/b11-8+. The number of allylic oxidation sites excluding steroid dienone is 1. The lowest BCUT2D eigenvalue weighted by molar-refractivity contribution is 0.405. The summed E-state index contributed by atoms with van der Waals surface area (Å²) >= 11 is 1.68. The van der Waals surface area contributed by atoms with Gasteiger partial charge in [-0.25, -0.2) is 0 Å². The monoisotopic (exact) mass is 272 g/mol. The molecule has 19 heavy (non-hydrogen) atoms. The van der Waals surface area contributed by atoms with E-state index >= 15 is 0 Å². The first kappa shape index (κ1) is 13.6. The van der Waals surface area contributed by atoms with Gasteiger partial charge in [0.15, 0.2) is 0 Å². The Morgan fingerprint density at radius 2 is 2.16 bits per heavy atom. The highest BCUT2D eigenvalue weighted by Crippen LogP contribution is 2.29. The van der Waals surface area contributed by atoms with Crippen LogP contribution in [0.5, 0.6) is 5.75 Å². The summed E-state index contributed by atoms with van der Waals surface area (Å²) < 4.78 is 5.39. The molecule has 4 heteroatoms. The largest absolute Gasteiger partial charge is 0.496 e. The summed E-state index contributed by atoms with van der Waals surface area (Å²) in [4.78, 5) is 9.50. The van der Waals surface area contributed by atoms with E-state index in [2.05, 4.69) is 28.2 Å². The maximum atomic E-state index is 5.39. The molecule has 1 aromatic carbocycles. The van der Waals surface area contributed by atoms with Gasteiger partial charge in [-0.05, 0) is 42.5 Å². The van der Waals surface area contributed by atoms with E-state index in [-0.39, 0.29) is 0 Å². The number of hydrogen-bond acceptors (Lipinski definition) is 4. The van der Waals surface area contributed by atoms with Crippen molar-refractivity contribution in [2.45, 2.75) is 11.8 Å². The first-order valence-electron chi connectivity index (χ1n) is 5.91. The van der Waals surface area contributed by atoms with Crippen LogP contribution in [-0.4, -0.2) is 23.3 Å². The second-order valence-electron chi connectivity index (χ2n) is 4.03. The summed E-state index contributed by atoms with van der Waals surface area (Å²) in [6.07, 6.45) is 9.26. The van der Waals surface area contributed by atoms with Crippen LogP contribution in [0.25, 0.3) is 11.6 Å². The number of ether oxygens (including phenoxy) is 1. The highest BCUT2D eigenvalue weighted by molar-refractivity contribution is 7.98. The van der Waals surface area contributed by atoms with Crippen molar-refractivity contribution < 1.29 is 4.74 Å². The molecule has 0 bridgehead atoms. The van der Waals surface area contributed by atoms with Crippen molar-refractivity contribution in [1.82, 2.24) is 9.97 Å². The van der Waals surface area contributed by atoms with Gasteiger partial charge in [0.05, 0.1) is 19.0 Å². The molecule has 0 aliphatic carbocycles. The highest BCUT2D eigenvalue weighted by atomic mass is 32.2. The maximum absolute atomic E-state index is 5.39. The van der Waals surface area contributed by atoms with Crippen LogP contribution in [0.2, 0.25) is 0 Å². The zero-order valence-corrected chi connectivity index (χ0v) is 12.1. The van der Waals surface area contributed by atoms with Crippen LogP contribution in [0.3, 0.4) is 0 Å². The van der Waals surface area contributed by atoms with Crippen LogP contribution in [0.4, 0.5) is 0 Å². The van der Waals surface area contributed by atoms with Crippen molar-refractivity contribution in [3.63, 3.8) is 0 Å². The predicted octanol–water partition coefficient (Wildman–Crippen LogP) is 3.77. The average molecular weight is 272 g/mol. The van der Waals surface area contributed by atoms with Crippen LogP contribution < -0.4 is 4.74 Å². The third-order valence-corrected chi connectivity index (χ3v) is 3.54. The molecule has 0 spiro atoms. The van der Waals surface area contributed by atoms with Gasteiger partial charge in [0.2, 0.25) is 0 Å². The smallest absolute Gasteiger partial charge is 0.132 e. The van der Waals surface area contributed by atoms with E-state index in [4.69, 9.17) is 4.74 Å². The molecule has 2 rings (SSSR count). The molecule has 0 saturated heterocycles. The van der Waals surface area contributed by atoms with E-state index in [0.717, 1.165) is 27.5 Å². The van der Waals surface area contributed by atoms with Gasteiger partial charge in [-0.3, -0.25) is 9.97 Å². The second-order valence-corrected chi connectivity index (χ2v) is 4.88. The fourth-order valence-corrected chi connectivity index (χ4v) is 2.32. The first-order valence-corrected chi connectivity index (χ1v) is 7.14. The van der Waals surface area contributed by atoms with Crippen molar-refractivity contribution in [2.24, 2.45) is 0 Å². The van der Waals surface area contributed by atoms with Crippen LogP contribution in [0.1, 0.15) is 18.2 Å². The van der Waals surface area contributed by atoms with Crippen molar-refractivity contribution in [3.05, 3.63) is 48.0 Å². The van der Waals surface area contributed by atoms with E-state index in [9.17, 15) is 0 Å². The molecule has 0 amide bonds. The number of rotatable bonds is 4. The zero-order chi connectivity index (χ0) is 13.7. The van der Waals surface area contributed by atoms with E-state index in [1.807, 2.05) is 19.2 Å². The molecule has 1 heterocycles. The summed E-state index contributed by atoms with van der Waals surface area (Å²) in [5, 5.41) is 0. The van der Waals surface area contributed by atoms with Gasteiger partial charge < -0.3 is 4.74 Å². The van der Waals surface area contributed by atoms with E-state index in [1.54, 1.807) is 37.5 Å². The molecular weight excluding hydrogens is 256 g/mol. The normalized spacial score (nSPS) is 11.4. The quantitative estimate of drug-likeness (QED) is 0.794. The first-order chi connectivity index (χ1) is 9.24. The number of benzene rings is 1. The zero-order valence-electron chi connectivity index (χ0n) is 11.3. The summed E-state index contributed by atoms with van der Waals surface area (Å²) in [5.41, 5.74) is 3.06. The molecule has 1 aromatic heterocycles. The van der Waals surface area contributed by atoms with Gasteiger partial charge in [-0.15, -0.1) is 11.8 Å². The molecule has 0 aliphatic rings. The number of thioether (sulfide) groups is 1. The molecule has 0 N–H and O–H groups in total. The number of hydrogen-bond donors (Lipinski definition) is 0. The lowest BCUT2D eigenvalue weighted by atomic mass is 10.1. The lowest BCUT2D eigenvalue weighted by Gasteiger charge is -2.07. The summed E-state index contributed by atoms with van der Waals surface area (Å²) in [6, 6.07) is 6.18. The fraction of sp³-hybridized carbons (Fsp3) is 0.200. The predicted molar refractivity (Wildman–Crippen MR) is 80.4 cm³/mol. The van der Waals surface area contributed by atoms with Crippen LogP contribution >= 0.6 is 11.8 Å². The van der Waals surface area contributed by atoms with Gasteiger partial charge in [-0.2, -0.15) is 0 Å². The van der Waals surface area contributed by atoms with Crippen LogP contribution in [-0.2, 0) is 0 Å². The van der Waals surface area contributed by atoms with Gasteiger partial charge >= 0.3 is 0 Å². The van der Waals surface area contributed by atoms with Gasteiger partial charge in [0, 0.05) is 17.3 Å². The van der Waals surface area contributed by atoms with Gasteiger partial charge in [0.25, 0.3) is 0 Å². The Morgan fingerprint density at radius 1 is 1.32 bits per heavy atom. The minimum Gasteiger partial charge on any atom is -0.496 e. The second kappa shape index (κ2) is 6.38. The molecule has 0 fully saturated rings. The van der Waals surface area contributed by atoms with Crippen LogP contribution in [0.15, 0.2) is 41.7 Å². The molecule has 98 valence electrons. The molecule has 0 saturated carbocycles. The lowest BCUT2D eigenvalue weighted by Crippen LogP contribution is -1.89. The molecule has 0 aliphatic heterocycles. The Bertz CT molecular complexity index is 582. The van der Waals surface area contributed by atoms with Gasteiger partial charge in [-0.1, -0.05) is 6.07 Å². The molecular formula is C15H16N2OS. The Kier molecular flexibility index (Phi) is 4.58. The minimum atomic E-state index is 0.885. The fourth-order valence-electron chi connectivity index (χ4n) is 1.77. The topological polar surface area (TPSA) is 35.0 Å². The summed E-state index contributed by atoms with van der Waals surface area (Å²) in [5.74, 6) is 0.896. The molecule has 2 aromatic rings. The molecule has 0 atom stereocenters. The van der Waals surface area contributed by atoms with Crippen LogP contribution in [0, 0.1) is 0 Å². The van der Waals surface area contributed by atoms with Gasteiger partial charge in [0.1, 0.15) is 5.75 Å². The van der Waals surface area contributed by atoms with Crippen molar-refractivity contribution in [3.8, 4) is 5.75 Å². The van der Waals surface area contributed by atoms with E-state index in [1.165, 1.54) is 0 Å². The minimum absolute atomic E-state index is 0.885. The summed E-state index contributed by atoms with van der Waals surface area (Å²) in [6.45, 7) is 2.03. The Labute approximate surface area is 117 Å².